The van der Waals surface area contributed by atoms with Crippen LogP contribution in [-0.2, 0) is 4.79 Å². The molecule has 0 heterocycles. The summed E-state index contributed by atoms with van der Waals surface area (Å²) in [6, 6.07) is 42.6. The van der Waals surface area contributed by atoms with Crippen molar-refractivity contribution < 1.29 is 4.79 Å². The summed E-state index contributed by atoms with van der Waals surface area (Å²) < 4.78 is 7.35. The number of hydrogen-bond donors (Lipinski definition) is 0. The van der Waals surface area contributed by atoms with Crippen LogP contribution in [0, 0.1) is 0 Å². The van der Waals surface area contributed by atoms with E-state index in [0.717, 1.165) is 20.4 Å². The molecule has 0 bridgehead atoms. The zero-order valence-electron chi connectivity index (χ0n) is 16.7. The van der Waals surface area contributed by atoms with Gasteiger partial charge in [0.1, 0.15) is 0 Å². The van der Waals surface area contributed by atoms with Gasteiger partial charge in [-0.15, -0.1) is 0 Å². The predicted molar refractivity (Wildman–Crippen MR) is 138 cm³/mol. The number of amides is 1. The van der Waals surface area contributed by atoms with E-state index in [-0.39, 0.29) is 0 Å². The molecule has 0 N–H and O–H groups in total. The summed E-state index contributed by atoms with van der Waals surface area (Å²) in [4.78, 5) is 12.3. The van der Waals surface area contributed by atoms with Gasteiger partial charge in [0, 0.05) is 0 Å². The van der Waals surface area contributed by atoms with E-state index in [1.807, 2.05) is 4.44 Å². The monoisotopic (exact) mass is 573 g/mol. The van der Waals surface area contributed by atoms with E-state index in [9.17, 15) is 4.79 Å². The van der Waals surface area contributed by atoms with Crippen molar-refractivity contribution in [3.63, 3.8) is 0 Å². The topological polar surface area (TPSA) is 20.3 Å². The third kappa shape index (κ3) is 6.03. The van der Waals surface area contributed by atoms with Crippen LogP contribution >= 0.6 is 14.0 Å². The molecule has 0 unspecified atom stereocenters. The van der Waals surface area contributed by atoms with E-state index >= 15 is 0 Å². The Morgan fingerprint density at radius 2 is 0.742 bits per heavy atom. The molecule has 0 aromatic heterocycles. The molecular weight excluding hydrogens is 550 g/mol. The van der Waals surface area contributed by atoms with Crippen molar-refractivity contribution in [1.29, 1.82) is 0 Å². The van der Waals surface area contributed by atoms with E-state index in [2.05, 4.69) is 121 Å². The fraction of sp³-hybridized carbons (Fsp3) is 0. The molecule has 0 aliphatic rings. The second-order valence-electron chi connectivity index (χ2n) is 6.41. The Morgan fingerprint density at radius 3 is 0.968 bits per heavy atom. The van der Waals surface area contributed by atoms with Gasteiger partial charge >= 0.3 is 195 Å². The quantitative estimate of drug-likeness (QED) is 0.188. The van der Waals surface area contributed by atoms with Gasteiger partial charge in [0.25, 0.3) is 0 Å². The summed E-state index contributed by atoms with van der Waals surface area (Å²) in [5.74, 6) is 0. The van der Waals surface area contributed by atoms with Crippen LogP contribution in [0.15, 0.2) is 121 Å². The van der Waals surface area contributed by atoms with Gasteiger partial charge in [-0.1, -0.05) is 0 Å². The first kappa shape index (κ1) is 22.2. The van der Waals surface area contributed by atoms with E-state index < -0.39 is 26.0 Å². The minimum absolute atomic E-state index is 1.04. The van der Waals surface area contributed by atoms with Crippen molar-refractivity contribution in [2.24, 2.45) is 0 Å². The average Bonchev–Trinajstić information content (AvgIpc) is 2.86. The van der Waals surface area contributed by atoms with Gasteiger partial charge in [0.15, 0.2) is 0 Å². The van der Waals surface area contributed by atoms with Crippen molar-refractivity contribution in [2.45, 2.75) is 0 Å². The number of carbonyl (C=O) groups excluding carboxylic acids is 1. The van der Waals surface area contributed by atoms with Crippen LogP contribution in [0.2, 0.25) is 0 Å². The molecule has 4 aromatic rings. The molecule has 0 fully saturated rings. The Balaban J connectivity index is 1.83. The van der Waals surface area contributed by atoms with Gasteiger partial charge in [0.2, 0.25) is 0 Å². The SMILES string of the molecule is O=CN(P=[Se](c1ccccc1)c1ccccc1)P=[Se](c1ccccc1)c1ccccc1. The standard InChI is InChI=1S/C25H21NOP2Se2/c27-21-26(28-30(22-13-5-1-6-14-22)23-15-7-2-8-16-23)29-31(24-17-9-3-10-18-24)25-19-11-4-12-20-25/h1-21H. The van der Waals surface area contributed by atoms with Gasteiger partial charge < -0.3 is 0 Å². The summed E-state index contributed by atoms with van der Waals surface area (Å²) in [5.41, 5.74) is 0. The molecule has 0 atom stereocenters. The number of hydrogen-bond acceptors (Lipinski definition) is 1. The average molecular weight is 571 g/mol. The summed E-state index contributed by atoms with van der Waals surface area (Å²) in [6.45, 7) is 2.18. The summed E-state index contributed by atoms with van der Waals surface area (Å²) in [7, 11) is 0. The molecule has 0 aliphatic carbocycles. The molecule has 0 saturated heterocycles. The maximum absolute atomic E-state index is 12.3. The molecule has 2 nitrogen and oxygen atoms in total. The van der Waals surface area contributed by atoms with Crippen LogP contribution in [0.4, 0.5) is 0 Å². The Labute approximate surface area is 193 Å². The fourth-order valence-electron chi connectivity index (χ4n) is 2.88. The molecule has 6 heteroatoms. The first-order valence-corrected chi connectivity index (χ1v) is 19.3. The van der Waals surface area contributed by atoms with Gasteiger partial charge in [-0.25, -0.2) is 0 Å². The van der Waals surface area contributed by atoms with Crippen LogP contribution in [0.5, 0.6) is 0 Å². The fourth-order valence-corrected chi connectivity index (χ4v) is 21.7. The van der Waals surface area contributed by atoms with E-state index in [1.165, 1.54) is 17.8 Å². The Bertz CT molecular complexity index is 1010. The molecule has 1 amide bonds. The normalized spacial score (nSPS) is 11.2. The van der Waals surface area contributed by atoms with Gasteiger partial charge in [-0.3, -0.25) is 0 Å². The van der Waals surface area contributed by atoms with Crippen LogP contribution in [0.3, 0.4) is 0 Å². The molecule has 4 rings (SSSR count). The third-order valence-corrected chi connectivity index (χ3v) is 22.0. The molecule has 0 radical (unpaired) electrons. The molecule has 4 aromatic carbocycles. The summed E-state index contributed by atoms with van der Waals surface area (Å²) in [6.07, 6.45) is 1.04. The molecule has 154 valence electrons. The minimum atomic E-state index is -1.42. The first-order valence-electron chi connectivity index (χ1n) is 9.72. The molecule has 0 spiro atoms. The van der Waals surface area contributed by atoms with Crippen molar-refractivity contribution in [2.75, 3.05) is 0 Å². The Kier molecular flexibility index (Phi) is 8.28. The zero-order valence-corrected chi connectivity index (χ0v) is 21.9. The number of nitrogens with zero attached hydrogens (tertiary/aromatic N) is 1. The van der Waals surface area contributed by atoms with Crippen LogP contribution in [0.1, 0.15) is 0 Å². The number of benzene rings is 4. The maximum atomic E-state index is 12.3. The third-order valence-electron chi connectivity index (χ3n) is 4.29. The molecular formula is C25H21NOP2Se2. The second kappa shape index (κ2) is 11.6. The second-order valence-corrected chi connectivity index (χ2v) is 20.1. The Hall–Kier alpha value is -2.01. The van der Waals surface area contributed by atoms with Gasteiger partial charge in [-0.05, 0) is 0 Å². The molecule has 0 saturated carbocycles. The van der Waals surface area contributed by atoms with E-state index in [1.54, 1.807) is 0 Å². The number of rotatable bonds is 7. The molecule has 31 heavy (non-hydrogen) atoms. The first-order chi connectivity index (χ1) is 15.3. The zero-order chi connectivity index (χ0) is 21.3. The van der Waals surface area contributed by atoms with E-state index in [0.29, 0.717) is 0 Å². The van der Waals surface area contributed by atoms with Crippen LogP contribution < -0.4 is 17.8 Å². The molecule has 0 aliphatic heterocycles. The summed E-state index contributed by atoms with van der Waals surface area (Å²) >= 11 is -2.84. The van der Waals surface area contributed by atoms with Crippen molar-refractivity contribution in [3.8, 4) is 0 Å². The summed E-state index contributed by atoms with van der Waals surface area (Å²) in [5, 5.41) is 0. The van der Waals surface area contributed by atoms with Crippen molar-refractivity contribution >= 4 is 64.2 Å². The van der Waals surface area contributed by atoms with E-state index in [4.69, 9.17) is 0 Å². The van der Waals surface area contributed by atoms with Gasteiger partial charge in [-0.2, -0.15) is 0 Å². The van der Waals surface area contributed by atoms with Gasteiger partial charge in [0.05, 0.1) is 0 Å². The van der Waals surface area contributed by atoms with Crippen molar-refractivity contribution in [3.05, 3.63) is 121 Å². The Morgan fingerprint density at radius 1 is 0.484 bits per heavy atom. The number of carbonyl (C=O) groups is 1. The van der Waals surface area contributed by atoms with Crippen LogP contribution in [-0.4, -0.2) is 36.8 Å². The predicted octanol–water partition coefficient (Wildman–Crippen LogP) is 3.78. The van der Waals surface area contributed by atoms with Crippen molar-refractivity contribution in [1.82, 2.24) is 4.44 Å². The van der Waals surface area contributed by atoms with Crippen LogP contribution in [0.25, 0.3) is 0 Å².